The average molecular weight is 248 g/mol. The van der Waals surface area contributed by atoms with Crippen molar-refractivity contribution in [3.8, 4) is 0 Å². The van der Waals surface area contributed by atoms with Crippen LogP contribution in [0.25, 0.3) is 0 Å². The van der Waals surface area contributed by atoms with Gasteiger partial charge < -0.3 is 10.2 Å². The fraction of sp³-hybridized carbons (Fsp3) is 0.533. The molecule has 100 valence electrons. The molecule has 3 nitrogen and oxygen atoms in total. The lowest BCUT2D eigenvalue weighted by molar-refractivity contribution is -0.127. The number of benzene rings is 1. The highest BCUT2D eigenvalue weighted by atomic mass is 16.2. The van der Waals surface area contributed by atoms with Crippen molar-refractivity contribution in [3.63, 3.8) is 0 Å². The third-order valence-corrected chi connectivity index (χ3v) is 3.07. The standard InChI is InChI=1S/C15H24N2O/c1-6-17(5)14(18)11-16-13-10-8-7-9-12(13)15(2,3)4/h7-10,16H,6,11H2,1-5H3. The Balaban J connectivity index is 2.77. The molecule has 1 amide bonds. The lowest BCUT2D eigenvalue weighted by Gasteiger charge is -2.24. The van der Waals surface area contributed by atoms with Gasteiger partial charge in [0.25, 0.3) is 0 Å². The molecule has 1 aromatic rings. The number of nitrogens with zero attached hydrogens (tertiary/aromatic N) is 1. The van der Waals surface area contributed by atoms with Gasteiger partial charge in [0.2, 0.25) is 5.91 Å². The van der Waals surface area contributed by atoms with E-state index in [2.05, 4.69) is 32.2 Å². The van der Waals surface area contributed by atoms with E-state index >= 15 is 0 Å². The predicted molar refractivity (Wildman–Crippen MR) is 76.9 cm³/mol. The van der Waals surface area contributed by atoms with Gasteiger partial charge in [-0.25, -0.2) is 0 Å². The zero-order chi connectivity index (χ0) is 13.8. The fourth-order valence-electron chi connectivity index (χ4n) is 1.77. The number of amides is 1. The van der Waals surface area contributed by atoms with Crippen LogP contribution in [0, 0.1) is 0 Å². The molecular formula is C15H24N2O. The first kappa shape index (κ1) is 14.6. The Kier molecular flexibility index (Phi) is 4.76. The molecule has 0 aliphatic rings. The van der Waals surface area contributed by atoms with Gasteiger partial charge in [0.15, 0.2) is 0 Å². The van der Waals surface area contributed by atoms with Crippen LogP contribution >= 0.6 is 0 Å². The van der Waals surface area contributed by atoms with Crippen LogP contribution in [0.1, 0.15) is 33.3 Å². The van der Waals surface area contributed by atoms with Crippen molar-refractivity contribution in [1.82, 2.24) is 4.90 Å². The average Bonchev–Trinajstić information content (AvgIpc) is 2.34. The first-order valence-electron chi connectivity index (χ1n) is 6.43. The molecule has 0 atom stereocenters. The second kappa shape index (κ2) is 5.89. The molecule has 0 spiro atoms. The summed E-state index contributed by atoms with van der Waals surface area (Å²) < 4.78 is 0. The minimum Gasteiger partial charge on any atom is -0.376 e. The predicted octanol–water partition coefficient (Wildman–Crippen LogP) is 2.87. The van der Waals surface area contributed by atoms with E-state index in [4.69, 9.17) is 0 Å². The summed E-state index contributed by atoms with van der Waals surface area (Å²) in [5, 5.41) is 3.24. The van der Waals surface area contributed by atoms with Crippen LogP contribution in [-0.2, 0) is 10.2 Å². The van der Waals surface area contributed by atoms with E-state index in [-0.39, 0.29) is 11.3 Å². The lowest BCUT2D eigenvalue weighted by Crippen LogP contribution is -2.32. The van der Waals surface area contributed by atoms with E-state index in [1.807, 2.05) is 32.2 Å². The molecule has 0 bridgehead atoms. The van der Waals surface area contributed by atoms with Gasteiger partial charge in [-0.1, -0.05) is 39.0 Å². The molecule has 3 heteroatoms. The first-order chi connectivity index (χ1) is 8.36. The Morgan fingerprint density at radius 1 is 1.28 bits per heavy atom. The third-order valence-electron chi connectivity index (χ3n) is 3.07. The van der Waals surface area contributed by atoms with Crippen LogP contribution in [0.15, 0.2) is 24.3 Å². The number of anilines is 1. The Labute approximate surface area is 110 Å². The van der Waals surface area contributed by atoms with Gasteiger partial charge in [-0.3, -0.25) is 4.79 Å². The molecule has 0 fully saturated rings. The third kappa shape index (κ3) is 3.76. The number of carbonyl (C=O) groups excluding carboxylic acids is 1. The zero-order valence-corrected chi connectivity index (χ0v) is 12.1. The SMILES string of the molecule is CCN(C)C(=O)CNc1ccccc1C(C)(C)C. The van der Waals surface area contributed by atoms with Gasteiger partial charge in [0.05, 0.1) is 6.54 Å². The van der Waals surface area contributed by atoms with E-state index in [0.29, 0.717) is 6.54 Å². The number of nitrogens with one attached hydrogen (secondary N) is 1. The highest BCUT2D eigenvalue weighted by Gasteiger charge is 2.17. The second-order valence-electron chi connectivity index (χ2n) is 5.56. The van der Waals surface area contributed by atoms with Crippen molar-refractivity contribution in [2.24, 2.45) is 0 Å². The van der Waals surface area contributed by atoms with Crippen molar-refractivity contribution >= 4 is 11.6 Å². The molecule has 0 aliphatic heterocycles. The maximum atomic E-state index is 11.8. The topological polar surface area (TPSA) is 32.3 Å². The normalized spacial score (nSPS) is 11.2. The summed E-state index contributed by atoms with van der Waals surface area (Å²) in [5.41, 5.74) is 2.35. The van der Waals surface area contributed by atoms with E-state index in [9.17, 15) is 4.79 Å². The van der Waals surface area contributed by atoms with Crippen molar-refractivity contribution in [3.05, 3.63) is 29.8 Å². The minimum absolute atomic E-state index is 0.0727. The Morgan fingerprint density at radius 3 is 2.44 bits per heavy atom. The van der Waals surface area contributed by atoms with E-state index in [1.165, 1.54) is 5.56 Å². The van der Waals surface area contributed by atoms with Crippen molar-refractivity contribution < 1.29 is 4.79 Å². The van der Waals surface area contributed by atoms with Gasteiger partial charge >= 0.3 is 0 Å². The van der Waals surface area contributed by atoms with Crippen LogP contribution < -0.4 is 5.32 Å². The maximum absolute atomic E-state index is 11.8. The summed E-state index contributed by atoms with van der Waals surface area (Å²) in [6.45, 7) is 9.58. The molecule has 0 saturated carbocycles. The highest BCUT2D eigenvalue weighted by Crippen LogP contribution is 2.28. The van der Waals surface area contributed by atoms with E-state index in [1.54, 1.807) is 4.90 Å². The van der Waals surface area contributed by atoms with Gasteiger partial charge in [0.1, 0.15) is 0 Å². The van der Waals surface area contributed by atoms with Crippen LogP contribution in [-0.4, -0.2) is 30.9 Å². The van der Waals surface area contributed by atoms with Crippen LogP contribution in [0.5, 0.6) is 0 Å². The van der Waals surface area contributed by atoms with Crippen molar-refractivity contribution in [2.45, 2.75) is 33.1 Å². The molecule has 0 saturated heterocycles. The Morgan fingerprint density at radius 2 is 1.89 bits per heavy atom. The Bertz CT molecular complexity index is 407. The summed E-state index contributed by atoms with van der Waals surface area (Å²) in [7, 11) is 1.82. The van der Waals surface area contributed by atoms with Gasteiger partial charge in [-0.15, -0.1) is 0 Å². The number of para-hydroxylation sites is 1. The monoisotopic (exact) mass is 248 g/mol. The molecule has 0 heterocycles. The number of carbonyl (C=O) groups is 1. The van der Waals surface area contributed by atoms with Crippen LogP contribution in [0.4, 0.5) is 5.69 Å². The minimum atomic E-state index is 0.0727. The summed E-state index contributed by atoms with van der Waals surface area (Å²) in [6.07, 6.45) is 0. The number of likely N-dealkylation sites (N-methyl/N-ethyl adjacent to an activating group) is 1. The fourth-order valence-corrected chi connectivity index (χ4v) is 1.77. The summed E-state index contributed by atoms with van der Waals surface area (Å²) in [4.78, 5) is 13.5. The molecule has 1 N–H and O–H groups in total. The van der Waals surface area contributed by atoms with Gasteiger partial charge in [-0.2, -0.15) is 0 Å². The summed E-state index contributed by atoms with van der Waals surface area (Å²) in [5.74, 6) is 0.112. The second-order valence-corrected chi connectivity index (χ2v) is 5.56. The molecule has 18 heavy (non-hydrogen) atoms. The molecule has 0 aliphatic carbocycles. The molecule has 1 rings (SSSR count). The van der Waals surface area contributed by atoms with Crippen molar-refractivity contribution in [2.75, 3.05) is 25.5 Å². The molecule has 1 aromatic carbocycles. The largest absolute Gasteiger partial charge is 0.376 e. The van der Waals surface area contributed by atoms with Gasteiger partial charge in [-0.05, 0) is 24.0 Å². The molecule has 0 aromatic heterocycles. The lowest BCUT2D eigenvalue weighted by atomic mass is 9.86. The zero-order valence-electron chi connectivity index (χ0n) is 12.1. The van der Waals surface area contributed by atoms with E-state index < -0.39 is 0 Å². The molecule has 0 unspecified atom stereocenters. The first-order valence-corrected chi connectivity index (χ1v) is 6.43. The number of hydrogen-bond acceptors (Lipinski definition) is 2. The molecular weight excluding hydrogens is 224 g/mol. The summed E-state index contributed by atoms with van der Waals surface area (Å²) >= 11 is 0. The van der Waals surface area contributed by atoms with Crippen LogP contribution in [0.2, 0.25) is 0 Å². The van der Waals surface area contributed by atoms with Crippen molar-refractivity contribution in [1.29, 1.82) is 0 Å². The van der Waals surface area contributed by atoms with Gasteiger partial charge in [0, 0.05) is 19.3 Å². The molecule has 0 radical (unpaired) electrons. The number of hydrogen-bond donors (Lipinski definition) is 1. The highest BCUT2D eigenvalue weighted by molar-refractivity contribution is 5.81. The van der Waals surface area contributed by atoms with Crippen LogP contribution in [0.3, 0.4) is 0 Å². The Hall–Kier alpha value is -1.51. The summed E-state index contributed by atoms with van der Waals surface area (Å²) in [6, 6.07) is 8.16. The van der Waals surface area contributed by atoms with E-state index in [0.717, 1.165) is 12.2 Å². The number of rotatable bonds is 4. The quantitative estimate of drug-likeness (QED) is 0.888. The maximum Gasteiger partial charge on any atom is 0.241 e. The smallest absolute Gasteiger partial charge is 0.241 e.